The van der Waals surface area contributed by atoms with Crippen molar-refractivity contribution in [3.8, 4) is 0 Å². The molecule has 0 fully saturated rings. The Labute approximate surface area is 148 Å². The fourth-order valence-electron chi connectivity index (χ4n) is 1.90. The topological polar surface area (TPSA) is 78.3 Å². The van der Waals surface area contributed by atoms with Crippen LogP contribution in [0.15, 0.2) is 30.5 Å². The van der Waals surface area contributed by atoms with Crippen LogP contribution in [0.3, 0.4) is 0 Å². The fourth-order valence-corrected chi connectivity index (χ4v) is 2.26. The summed E-state index contributed by atoms with van der Waals surface area (Å²) in [6, 6.07) is 7.51. The van der Waals surface area contributed by atoms with Crippen molar-refractivity contribution >= 4 is 34.2 Å². The Morgan fingerprint density at radius 2 is 1.91 bits per heavy atom. The Hall–Kier alpha value is -1.52. The summed E-state index contributed by atoms with van der Waals surface area (Å²) >= 11 is 2.21. The van der Waals surface area contributed by atoms with Crippen molar-refractivity contribution in [2.75, 3.05) is 18.5 Å². The van der Waals surface area contributed by atoms with E-state index in [9.17, 15) is 4.79 Å². The minimum atomic E-state index is -0.404. The summed E-state index contributed by atoms with van der Waals surface area (Å²) in [6.45, 7) is 5.26. The van der Waals surface area contributed by atoms with Gasteiger partial charge in [0.15, 0.2) is 12.0 Å². The van der Waals surface area contributed by atoms with Crippen LogP contribution in [0, 0.1) is 3.57 Å². The van der Waals surface area contributed by atoms with E-state index in [-0.39, 0.29) is 11.6 Å². The lowest BCUT2D eigenvalue weighted by Gasteiger charge is -2.16. The van der Waals surface area contributed by atoms with Crippen molar-refractivity contribution in [2.24, 2.45) is 0 Å². The van der Waals surface area contributed by atoms with Crippen LogP contribution in [0.4, 0.5) is 5.69 Å². The highest BCUT2D eigenvalue weighted by Crippen LogP contribution is 2.12. The number of carbonyl (C=O) groups excluding carboxylic acids is 1. The van der Waals surface area contributed by atoms with Crippen molar-refractivity contribution in [1.29, 1.82) is 0 Å². The average molecular weight is 430 g/mol. The number of rotatable bonds is 8. The predicted molar refractivity (Wildman–Crippen MR) is 94.2 cm³/mol. The number of aromatic nitrogens is 3. The van der Waals surface area contributed by atoms with Gasteiger partial charge < -0.3 is 14.8 Å². The van der Waals surface area contributed by atoms with Gasteiger partial charge in [-0.15, -0.1) is 5.10 Å². The van der Waals surface area contributed by atoms with Gasteiger partial charge in [-0.1, -0.05) is 5.21 Å². The summed E-state index contributed by atoms with van der Waals surface area (Å²) in [4.78, 5) is 12.2. The Bertz CT molecular complexity index is 624. The molecular weight excluding hydrogens is 411 g/mol. The SMILES string of the molecule is CCOC(Cn1cc(C(=O)Nc2ccc(I)cc2)nn1)OCC. The minimum absolute atomic E-state index is 0.246. The molecule has 2 rings (SSSR count). The number of nitrogens with zero attached hydrogens (tertiary/aromatic N) is 3. The highest BCUT2D eigenvalue weighted by Gasteiger charge is 2.14. The van der Waals surface area contributed by atoms with E-state index in [4.69, 9.17) is 9.47 Å². The number of halogens is 1. The first kappa shape index (κ1) is 17.8. The smallest absolute Gasteiger partial charge is 0.277 e. The molecule has 7 nitrogen and oxygen atoms in total. The Kier molecular flexibility index (Phi) is 6.93. The maximum Gasteiger partial charge on any atom is 0.277 e. The predicted octanol–water partition coefficient (Wildman–Crippen LogP) is 2.53. The summed E-state index contributed by atoms with van der Waals surface area (Å²) < 4.78 is 13.5. The number of anilines is 1. The maximum absolute atomic E-state index is 12.2. The van der Waals surface area contributed by atoms with Crippen molar-refractivity contribution < 1.29 is 14.3 Å². The molecule has 0 aliphatic heterocycles. The molecule has 1 N–H and O–H groups in total. The summed E-state index contributed by atoms with van der Waals surface area (Å²) in [7, 11) is 0. The quantitative estimate of drug-likeness (QED) is 0.515. The van der Waals surface area contributed by atoms with Crippen LogP contribution in [-0.4, -0.2) is 40.4 Å². The largest absolute Gasteiger partial charge is 0.351 e. The number of carbonyl (C=O) groups is 1. The second kappa shape index (κ2) is 8.94. The van der Waals surface area contributed by atoms with Crippen molar-refractivity contribution in [2.45, 2.75) is 26.7 Å². The summed E-state index contributed by atoms with van der Waals surface area (Å²) in [5.41, 5.74) is 0.960. The Morgan fingerprint density at radius 1 is 1.26 bits per heavy atom. The third-order valence-electron chi connectivity index (χ3n) is 2.91. The molecule has 0 atom stereocenters. The Morgan fingerprint density at radius 3 is 2.52 bits per heavy atom. The van der Waals surface area contributed by atoms with Gasteiger partial charge in [-0.2, -0.15) is 0 Å². The molecule has 0 radical (unpaired) electrons. The van der Waals surface area contributed by atoms with Gasteiger partial charge in [0, 0.05) is 22.5 Å². The molecule has 0 saturated carbocycles. The van der Waals surface area contributed by atoms with Gasteiger partial charge in [-0.05, 0) is 60.7 Å². The lowest BCUT2D eigenvalue weighted by Crippen LogP contribution is -2.24. The van der Waals surface area contributed by atoms with Crippen LogP contribution in [0.1, 0.15) is 24.3 Å². The van der Waals surface area contributed by atoms with E-state index in [2.05, 4.69) is 38.2 Å². The molecule has 0 aliphatic carbocycles. The first-order chi connectivity index (χ1) is 11.1. The van der Waals surface area contributed by atoms with E-state index in [1.54, 1.807) is 10.9 Å². The molecule has 23 heavy (non-hydrogen) atoms. The van der Waals surface area contributed by atoms with Gasteiger partial charge in [-0.3, -0.25) is 4.79 Å². The summed E-state index contributed by atoms with van der Waals surface area (Å²) in [6.07, 6.45) is 1.17. The van der Waals surface area contributed by atoms with E-state index in [1.165, 1.54) is 0 Å². The summed E-state index contributed by atoms with van der Waals surface area (Å²) in [5.74, 6) is -0.304. The first-order valence-electron chi connectivity index (χ1n) is 7.32. The highest BCUT2D eigenvalue weighted by molar-refractivity contribution is 14.1. The molecule has 0 spiro atoms. The van der Waals surface area contributed by atoms with Crippen LogP contribution in [-0.2, 0) is 16.0 Å². The Balaban J connectivity index is 1.97. The zero-order valence-electron chi connectivity index (χ0n) is 13.0. The zero-order chi connectivity index (χ0) is 16.7. The lowest BCUT2D eigenvalue weighted by atomic mass is 10.3. The van der Waals surface area contributed by atoms with Gasteiger partial charge in [0.25, 0.3) is 5.91 Å². The number of hydrogen-bond acceptors (Lipinski definition) is 5. The number of amides is 1. The summed E-state index contributed by atoms with van der Waals surface area (Å²) in [5, 5.41) is 10.6. The number of benzene rings is 1. The maximum atomic E-state index is 12.2. The molecule has 8 heteroatoms. The lowest BCUT2D eigenvalue weighted by molar-refractivity contribution is -0.145. The van der Waals surface area contributed by atoms with Crippen LogP contribution < -0.4 is 5.32 Å². The monoisotopic (exact) mass is 430 g/mol. The zero-order valence-corrected chi connectivity index (χ0v) is 15.2. The van der Waals surface area contributed by atoms with Crippen LogP contribution >= 0.6 is 22.6 Å². The van der Waals surface area contributed by atoms with E-state index in [0.29, 0.717) is 25.4 Å². The molecule has 1 amide bonds. The number of ether oxygens (including phenoxy) is 2. The molecule has 0 bridgehead atoms. The van der Waals surface area contributed by atoms with Gasteiger partial charge in [-0.25, -0.2) is 4.68 Å². The van der Waals surface area contributed by atoms with Crippen LogP contribution in [0.5, 0.6) is 0 Å². The van der Waals surface area contributed by atoms with E-state index in [0.717, 1.165) is 3.57 Å². The average Bonchev–Trinajstić information content (AvgIpc) is 2.99. The molecule has 0 unspecified atom stereocenters. The molecule has 0 aliphatic rings. The molecule has 124 valence electrons. The van der Waals surface area contributed by atoms with Gasteiger partial charge in [0.2, 0.25) is 0 Å². The number of hydrogen-bond donors (Lipinski definition) is 1. The van der Waals surface area contributed by atoms with Crippen LogP contribution in [0.2, 0.25) is 0 Å². The van der Waals surface area contributed by atoms with E-state index < -0.39 is 6.29 Å². The number of nitrogens with one attached hydrogen (secondary N) is 1. The van der Waals surface area contributed by atoms with Crippen molar-refractivity contribution in [3.05, 3.63) is 39.7 Å². The van der Waals surface area contributed by atoms with E-state index in [1.807, 2.05) is 38.1 Å². The molecule has 0 saturated heterocycles. The second-order valence-electron chi connectivity index (χ2n) is 4.63. The second-order valence-corrected chi connectivity index (χ2v) is 5.87. The highest BCUT2D eigenvalue weighted by atomic mass is 127. The fraction of sp³-hybridized carbons (Fsp3) is 0.400. The molecule has 1 aromatic carbocycles. The van der Waals surface area contributed by atoms with Crippen LogP contribution in [0.25, 0.3) is 0 Å². The third kappa shape index (κ3) is 5.56. The normalized spacial score (nSPS) is 11.0. The molecular formula is C15H19IN4O3. The first-order valence-corrected chi connectivity index (χ1v) is 8.40. The van der Waals surface area contributed by atoms with Gasteiger partial charge in [0.05, 0.1) is 12.7 Å². The molecule has 1 heterocycles. The molecule has 1 aromatic heterocycles. The standard InChI is InChI=1S/C15H19IN4O3/c1-3-22-14(23-4-2)10-20-9-13(18-19-20)15(21)17-12-7-5-11(16)6-8-12/h5-9,14H,3-4,10H2,1-2H3,(H,17,21). The molecule has 2 aromatic rings. The van der Waals surface area contributed by atoms with Gasteiger partial charge in [0.1, 0.15) is 0 Å². The third-order valence-corrected chi connectivity index (χ3v) is 3.63. The van der Waals surface area contributed by atoms with Gasteiger partial charge >= 0.3 is 0 Å². The minimum Gasteiger partial charge on any atom is -0.351 e. The van der Waals surface area contributed by atoms with Crippen molar-refractivity contribution in [3.63, 3.8) is 0 Å². The van der Waals surface area contributed by atoms with Crippen molar-refractivity contribution in [1.82, 2.24) is 15.0 Å². The van der Waals surface area contributed by atoms with E-state index >= 15 is 0 Å².